The van der Waals surface area contributed by atoms with E-state index in [1.54, 1.807) is 0 Å². The average molecular weight is 330 g/mol. The molecule has 0 saturated heterocycles. The standard InChI is InChI=1S/C16H18N4O2S/c17-18-19-23(21,22)20(13-11-15-7-3-1-4-8-15)14-12-16-9-5-2-6-10-16/h1-10H,11-14H2. The van der Waals surface area contributed by atoms with Crippen molar-refractivity contribution in [3.63, 3.8) is 0 Å². The van der Waals surface area contributed by atoms with Crippen LogP contribution < -0.4 is 0 Å². The molecule has 2 aromatic carbocycles. The number of hydrogen-bond acceptors (Lipinski definition) is 2. The lowest BCUT2D eigenvalue weighted by atomic mass is 10.1. The van der Waals surface area contributed by atoms with E-state index in [2.05, 4.69) is 9.43 Å². The molecule has 0 atom stereocenters. The molecule has 120 valence electrons. The molecule has 0 aliphatic rings. The van der Waals surface area contributed by atoms with Crippen LogP contribution in [0.1, 0.15) is 11.1 Å². The maximum absolute atomic E-state index is 12.1. The summed E-state index contributed by atoms with van der Waals surface area (Å²) in [5.41, 5.74) is 10.5. The zero-order valence-electron chi connectivity index (χ0n) is 12.6. The number of benzene rings is 2. The maximum Gasteiger partial charge on any atom is 0.302 e. The molecule has 0 spiro atoms. The van der Waals surface area contributed by atoms with Crippen molar-refractivity contribution < 1.29 is 8.42 Å². The lowest BCUT2D eigenvalue weighted by molar-refractivity contribution is 0.418. The Bertz CT molecular complexity index is 714. The molecule has 0 bridgehead atoms. The first-order valence-corrected chi connectivity index (χ1v) is 8.66. The Kier molecular flexibility index (Phi) is 6.17. The molecule has 0 aliphatic heterocycles. The van der Waals surface area contributed by atoms with Crippen LogP contribution in [0.2, 0.25) is 0 Å². The van der Waals surface area contributed by atoms with Crippen LogP contribution >= 0.6 is 0 Å². The van der Waals surface area contributed by atoms with Crippen LogP contribution in [0.4, 0.5) is 0 Å². The quantitative estimate of drug-likeness (QED) is 0.422. The van der Waals surface area contributed by atoms with Gasteiger partial charge in [-0.2, -0.15) is 4.31 Å². The van der Waals surface area contributed by atoms with Crippen molar-refractivity contribution in [2.75, 3.05) is 13.1 Å². The molecule has 0 N–H and O–H groups in total. The number of nitrogens with zero attached hydrogens (tertiary/aromatic N) is 4. The van der Waals surface area contributed by atoms with Crippen LogP contribution in [0.25, 0.3) is 10.4 Å². The molecule has 7 heteroatoms. The summed E-state index contributed by atoms with van der Waals surface area (Å²) in [6.45, 7) is 0.552. The lowest BCUT2D eigenvalue weighted by Crippen LogP contribution is -2.33. The predicted molar refractivity (Wildman–Crippen MR) is 89.9 cm³/mol. The van der Waals surface area contributed by atoms with Crippen molar-refractivity contribution >= 4 is 10.2 Å². The minimum absolute atomic E-state index is 0.276. The Hall–Kier alpha value is -2.34. The highest BCUT2D eigenvalue weighted by Gasteiger charge is 2.20. The smallest absolute Gasteiger partial charge is 0.204 e. The molecular formula is C16H18N4O2S. The van der Waals surface area contributed by atoms with Gasteiger partial charge in [0, 0.05) is 22.5 Å². The number of rotatable bonds is 8. The molecule has 0 aliphatic carbocycles. The summed E-state index contributed by atoms with van der Waals surface area (Å²) < 4.78 is 28.3. The fourth-order valence-corrected chi connectivity index (χ4v) is 3.08. The monoisotopic (exact) mass is 330 g/mol. The second-order valence-electron chi connectivity index (χ2n) is 5.02. The fraction of sp³-hybridized carbons (Fsp3) is 0.250. The first kappa shape index (κ1) is 17.0. The minimum atomic E-state index is -3.97. The molecule has 0 heterocycles. The first-order chi connectivity index (χ1) is 11.1. The van der Waals surface area contributed by atoms with Crippen molar-refractivity contribution in [3.05, 3.63) is 82.2 Å². The molecule has 2 rings (SSSR count). The SMILES string of the molecule is [N-]=[N+]=NS(=O)(=O)N(CCc1ccccc1)CCc1ccccc1. The van der Waals surface area contributed by atoms with Gasteiger partial charge in [0.25, 0.3) is 0 Å². The molecule has 6 nitrogen and oxygen atoms in total. The Balaban J connectivity index is 2.07. The second kappa shape index (κ2) is 8.33. The lowest BCUT2D eigenvalue weighted by Gasteiger charge is -2.19. The van der Waals surface area contributed by atoms with E-state index >= 15 is 0 Å². The van der Waals surface area contributed by atoms with Gasteiger partial charge >= 0.3 is 10.2 Å². The molecule has 23 heavy (non-hydrogen) atoms. The Morgan fingerprint density at radius 2 is 1.30 bits per heavy atom. The largest absolute Gasteiger partial charge is 0.302 e. The summed E-state index contributed by atoms with van der Waals surface area (Å²) in [4.78, 5) is 2.43. The maximum atomic E-state index is 12.1. The van der Waals surface area contributed by atoms with Crippen LogP contribution in [0.15, 0.2) is 65.2 Å². The van der Waals surface area contributed by atoms with E-state index in [-0.39, 0.29) is 13.1 Å². The van der Waals surface area contributed by atoms with Crippen molar-refractivity contribution in [3.8, 4) is 0 Å². The van der Waals surface area contributed by atoms with Crippen LogP contribution in [0.3, 0.4) is 0 Å². The van der Waals surface area contributed by atoms with Crippen molar-refractivity contribution in [1.82, 2.24) is 4.31 Å². The van der Waals surface area contributed by atoms with E-state index in [9.17, 15) is 8.42 Å². The Morgan fingerprint density at radius 3 is 1.70 bits per heavy atom. The molecule has 0 radical (unpaired) electrons. The van der Waals surface area contributed by atoms with Crippen LogP contribution in [-0.2, 0) is 23.1 Å². The summed E-state index contributed by atoms with van der Waals surface area (Å²) >= 11 is 0. The molecule has 0 unspecified atom stereocenters. The van der Waals surface area contributed by atoms with Crippen molar-refractivity contribution in [2.45, 2.75) is 12.8 Å². The van der Waals surface area contributed by atoms with Gasteiger partial charge in [0.1, 0.15) is 0 Å². The minimum Gasteiger partial charge on any atom is -0.204 e. The normalized spacial score (nSPS) is 11.2. The first-order valence-electron chi connectivity index (χ1n) is 7.26. The van der Waals surface area contributed by atoms with E-state index in [1.165, 1.54) is 4.31 Å². The molecule has 0 fully saturated rings. The van der Waals surface area contributed by atoms with Gasteiger partial charge in [-0.05, 0) is 29.5 Å². The summed E-state index contributed by atoms with van der Waals surface area (Å²) in [5, 5.41) is 0. The van der Waals surface area contributed by atoms with Gasteiger partial charge in [0.15, 0.2) is 0 Å². The molecule has 2 aromatic rings. The third-order valence-electron chi connectivity index (χ3n) is 3.45. The van der Waals surface area contributed by atoms with Gasteiger partial charge in [0.2, 0.25) is 0 Å². The van der Waals surface area contributed by atoms with Crippen LogP contribution in [0, 0.1) is 0 Å². The van der Waals surface area contributed by atoms with E-state index in [1.807, 2.05) is 60.7 Å². The van der Waals surface area contributed by atoms with Gasteiger partial charge in [0.05, 0.1) is 0 Å². The van der Waals surface area contributed by atoms with Gasteiger partial charge in [-0.3, -0.25) is 0 Å². The van der Waals surface area contributed by atoms with Crippen LogP contribution in [-0.4, -0.2) is 25.8 Å². The molecule has 0 saturated carbocycles. The van der Waals surface area contributed by atoms with E-state index in [4.69, 9.17) is 5.53 Å². The predicted octanol–water partition coefficient (Wildman–Crippen LogP) is 3.33. The van der Waals surface area contributed by atoms with E-state index in [0.717, 1.165) is 11.1 Å². The fourth-order valence-electron chi connectivity index (χ4n) is 2.24. The second-order valence-corrected chi connectivity index (χ2v) is 6.59. The third kappa shape index (κ3) is 5.41. The van der Waals surface area contributed by atoms with Crippen LogP contribution in [0.5, 0.6) is 0 Å². The summed E-state index contributed by atoms with van der Waals surface area (Å²) in [7, 11) is -3.97. The third-order valence-corrected chi connectivity index (χ3v) is 4.75. The molecule has 0 aromatic heterocycles. The van der Waals surface area contributed by atoms with E-state index < -0.39 is 10.2 Å². The highest BCUT2D eigenvalue weighted by atomic mass is 32.2. The van der Waals surface area contributed by atoms with Gasteiger partial charge in [-0.1, -0.05) is 60.7 Å². The highest BCUT2D eigenvalue weighted by molar-refractivity contribution is 7.87. The Labute approximate surface area is 136 Å². The summed E-state index contributed by atoms with van der Waals surface area (Å²) in [5.74, 6) is 0. The Morgan fingerprint density at radius 1 is 0.870 bits per heavy atom. The highest BCUT2D eigenvalue weighted by Crippen LogP contribution is 2.10. The summed E-state index contributed by atoms with van der Waals surface area (Å²) in [6, 6.07) is 19.2. The topological polar surface area (TPSA) is 86.1 Å². The number of azide groups is 1. The number of hydrogen-bond donors (Lipinski definition) is 0. The van der Waals surface area contributed by atoms with Gasteiger partial charge in [-0.25, -0.2) is 8.42 Å². The van der Waals surface area contributed by atoms with Crippen molar-refractivity contribution in [2.24, 2.45) is 4.52 Å². The average Bonchev–Trinajstić information content (AvgIpc) is 2.56. The zero-order chi connectivity index (χ0) is 16.5. The molecular weight excluding hydrogens is 312 g/mol. The summed E-state index contributed by atoms with van der Waals surface area (Å²) in [6.07, 6.45) is 1.13. The van der Waals surface area contributed by atoms with Crippen molar-refractivity contribution in [1.29, 1.82) is 0 Å². The molecule has 0 amide bonds. The zero-order valence-corrected chi connectivity index (χ0v) is 13.4. The van der Waals surface area contributed by atoms with Gasteiger partial charge in [-0.15, -0.1) is 0 Å². The van der Waals surface area contributed by atoms with E-state index in [0.29, 0.717) is 12.8 Å². The van der Waals surface area contributed by atoms with Gasteiger partial charge < -0.3 is 0 Å².